The highest BCUT2D eigenvalue weighted by Crippen LogP contribution is 2.44. The van der Waals surface area contributed by atoms with E-state index in [0.29, 0.717) is 18.6 Å². The summed E-state index contributed by atoms with van der Waals surface area (Å²) in [5.74, 6) is -0.392. The molecule has 4 N–H and O–H groups in total. The van der Waals surface area contributed by atoms with E-state index in [2.05, 4.69) is 4.72 Å². The lowest BCUT2D eigenvalue weighted by molar-refractivity contribution is 0.0509. The lowest BCUT2D eigenvalue weighted by Crippen LogP contribution is -2.25. The summed E-state index contributed by atoms with van der Waals surface area (Å²) >= 11 is 0. The van der Waals surface area contributed by atoms with Crippen molar-refractivity contribution in [3.05, 3.63) is 70.8 Å². The predicted octanol–water partition coefficient (Wildman–Crippen LogP) is 2.70. The Kier molecular flexibility index (Phi) is 6.15. The molecule has 1 aliphatic heterocycles. The summed E-state index contributed by atoms with van der Waals surface area (Å²) in [5.41, 5.74) is 3.54. The van der Waals surface area contributed by atoms with Gasteiger partial charge in [-0.25, -0.2) is 4.79 Å². The first-order valence-corrected chi connectivity index (χ1v) is 10.1. The zero-order valence-electron chi connectivity index (χ0n) is 15.0. The number of esters is 1. The van der Waals surface area contributed by atoms with Crippen molar-refractivity contribution in [2.24, 2.45) is 0 Å². The Balaban J connectivity index is 1.50. The van der Waals surface area contributed by atoms with Gasteiger partial charge in [0.2, 0.25) is 0 Å². The SMILES string of the molecule is Cc1ccc(CCOC(=O)c2ccc(CN3CC(O)NS3(O)O)cc2)cc1. The van der Waals surface area contributed by atoms with Crippen molar-refractivity contribution in [1.82, 2.24) is 9.03 Å². The summed E-state index contributed by atoms with van der Waals surface area (Å²) in [7, 11) is -3.16. The number of aryl methyl sites for hydroxylation is 1. The summed E-state index contributed by atoms with van der Waals surface area (Å²) in [5, 5.41) is 9.50. The molecule has 146 valence electrons. The quantitative estimate of drug-likeness (QED) is 0.561. The van der Waals surface area contributed by atoms with Crippen molar-refractivity contribution in [1.29, 1.82) is 0 Å². The van der Waals surface area contributed by atoms with Crippen LogP contribution in [0.5, 0.6) is 0 Å². The molecule has 0 saturated carbocycles. The van der Waals surface area contributed by atoms with E-state index >= 15 is 0 Å². The minimum absolute atomic E-state index is 0.116. The van der Waals surface area contributed by atoms with Crippen LogP contribution in [0.3, 0.4) is 0 Å². The molecule has 0 amide bonds. The van der Waals surface area contributed by atoms with Crippen molar-refractivity contribution >= 4 is 16.9 Å². The van der Waals surface area contributed by atoms with Crippen LogP contribution in [0.4, 0.5) is 0 Å². The van der Waals surface area contributed by atoms with Gasteiger partial charge in [0.25, 0.3) is 0 Å². The third kappa shape index (κ3) is 5.29. The summed E-state index contributed by atoms with van der Waals surface area (Å²) in [6, 6.07) is 14.9. The van der Waals surface area contributed by atoms with Gasteiger partial charge < -0.3 is 9.84 Å². The van der Waals surface area contributed by atoms with Crippen LogP contribution in [0.25, 0.3) is 0 Å². The molecule has 1 heterocycles. The molecule has 1 unspecified atom stereocenters. The molecular formula is C19H24N2O5S. The van der Waals surface area contributed by atoms with E-state index in [1.807, 2.05) is 31.2 Å². The van der Waals surface area contributed by atoms with Crippen molar-refractivity contribution in [3.63, 3.8) is 0 Å². The van der Waals surface area contributed by atoms with Crippen LogP contribution in [0.1, 0.15) is 27.0 Å². The highest BCUT2D eigenvalue weighted by atomic mass is 32.3. The van der Waals surface area contributed by atoms with Crippen LogP contribution < -0.4 is 4.72 Å². The van der Waals surface area contributed by atoms with Gasteiger partial charge in [-0.05, 0) is 30.2 Å². The average Bonchev–Trinajstić information content (AvgIpc) is 2.88. The first kappa shape index (κ1) is 19.8. The highest BCUT2D eigenvalue weighted by molar-refractivity contribution is 8.20. The molecule has 0 radical (unpaired) electrons. The number of nitrogens with zero attached hydrogens (tertiary/aromatic N) is 1. The lowest BCUT2D eigenvalue weighted by Gasteiger charge is -2.35. The predicted molar refractivity (Wildman–Crippen MR) is 104 cm³/mol. The molecule has 0 aromatic heterocycles. The molecule has 8 heteroatoms. The number of carbonyl (C=O) groups excluding carboxylic acids is 1. The van der Waals surface area contributed by atoms with E-state index in [9.17, 15) is 19.0 Å². The summed E-state index contributed by atoms with van der Waals surface area (Å²) in [6.45, 7) is 2.69. The second-order valence-electron chi connectivity index (χ2n) is 6.54. The molecule has 1 atom stereocenters. The molecule has 1 fully saturated rings. The lowest BCUT2D eigenvalue weighted by atomic mass is 10.1. The smallest absolute Gasteiger partial charge is 0.338 e. The number of hydrogen-bond donors (Lipinski definition) is 4. The Morgan fingerprint density at radius 3 is 2.37 bits per heavy atom. The number of benzene rings is 2. The van der Waals surface area contributed by atoms with Crippen LogP contribution in [-0.2, 0) is 17.7 Å². The van der Waals surface area contributed by atoms with Crippen molar-refractivity contribution in [2.45, 2.75) is 26.1 Å². The van der Waals surface area contributed by atoms with Gasteiger partial charge in [0, 0.05) is 13.0 Å². The Bertz CT molecular complexity index is 780. The first-order chi connectivity index (χ1) is 12.8. The van der Waals surface area contributed by atoms with Crippen LogP contribution in [0, 0.1) is 6.92 Å². The van der Waals surface area contributed by atoms with Crippen LogP contribution in [-0.4, -0.2) is 43.9 Å². The normalized spacial score (nSPS) is 20.4. The molecular weight excluding hydrogens is 368 g/mol. The minimum Gasteiger partial charge on any atom is -0.462 e. The summed E-state index contributed by atoms with van der Waals surface area (Å²) in [6.07, 6.45) is -0.315. The second kappa shape index (κ2) is 8.39. The molecule has 7 nitrogen and oxygen atoms in total. The van der Waals surface area contributed by atoms with Crippen LogP contribution >= 0.6 is 11.0 Å². The summed E-state index contributed by atoms with van der Waals surface area (Å²) in [4.78, 5) is 12.1. The monoisotopic (exact) mass is 392 g/mol. The van der Waals surface area contributed by atoms with Gasteiger partial charge in [-0.15, -0.1) is 0 Å². The maximum absolute atomic E-state index is 12.1. The molecule has 3 rings (SSSR count). The van der Waals surface area contributed by atoms with Crippen LogP contribution in [0.15, 0.2) is 48.5 Å². The number of aliphatic hydroxyl groups excluding tert-OH is 1. The molecule has 0 bridgehead atoms. The van der Waals surface area contributed by atoms with Gasteiger partial charge >= 0.3 is 5.97 Å². The van der Waals surface area contributed by atoms with Gasteiger partial charge in [-0.1, -0.05) is 52.9 Å². The van der Waals surface area contributed by atoms with E-state index in [1.54, 1.807) is 24.3 Å². The highest BCUT2D eigenvalue weighted by Gasteiger charge is 2.34. The average molecular weight is 392 g/mol. The van der Waals surface area contributed by atoms with E-state index in [-0.39, 0.29) is 13.1 Å². The van der Waals surface area contributed by atoms with Gasteiger partial charge in [0.1, 0.15) is 6.23 Å². The Labute approximate surface area is 160 Å². The molecule has 1 saturated heterocycles. The van der Waals surface area contributed by atoms with E-state index in [4.69, 9.17) is 4.74 Å². The molecule has 2 aromatic carbocycles. The molecule has 27 heavy (non-hydrogen) atoms. The van der Waals surface area contributed by atoms with Gasteiger partial charge in [-0.2, -0.15) is 9.03 Å². The number of nitrogens with one attached hydrogen (secondary N) is 1. The largest absolute Gasteiger partial charge is 0.462 e. The molecule has 0 spiro atoms. The van der Waals surface area contributed by atoms with Crippen molar-refractivity contribution in [2.75, 3.05) is 13.2 Å². The number of β-amino-alcohol motifs (C(OH)–C–C–N with tert-alkyl or cyclic N) is 1. The maximum atomic E-state index is 12.1. The fourth-order valence-electron chi connectivity index (χ4n) is 2.80. The number of aliphatic hydroxyl groups is 1. The summed E-state index contributed by atoms with van der Waals surface area (Å²) < 4.78 is 28.7. The van der Waals surface area contributed by atoms with E-state index < -0.39 is 23.2 Å². The minimum atomic E-state index is -3.16. The first-order valence-electron chi connectivity index (χ1n) is 8.64. The second-order valence-corrected chi connectivity index (χ2v) is 8.33. The number of hydrogen-bond acceptors (Lipinski definition) is 7. The third-order valence-electron chi connectivity index (χ3n) is 4.32. The Hall–Kier alpha value is -1.94. The molecule has 0 aliphatic carbocycles. The van der Waals surface area contributed by atoms with E-state index in [1.165, 1.54) is 9.87 Å². The fourth-order valence-corrected chi connectivity index (χ4v) is 4.06. The van der Waals surface area contributed by atoms with E-state index in [0.717, 1.165) is 11.1 Å². The third-order valence-corrected chi connectivity index (χ3v) is 5.91. The standard InChI is InChI=1S/C19H24N2O5S/c1-14-2-4-15(5-3-14)10-11-26-19(23)17-8-6-16(7-9-17)12-21-13-18(22)20-27(21,24)25/h2-9,18,20,22,24-25H,10-13H2,1H3. The molecule has 1 aliphatic rings. The number of carbonyl (C=O) groups is 1. The van der Waals surface area contributed by atoms with Crippen molar-refractivity contribution < 1.29 is 23.7 Å². The van der Waals surface area contributed by atoms with Gasteiger partial charge in [0.15, 0.2) is 0 Å². The Morgan fingerprint density at radius 2 is 1.78 bits per heavy atom. The zero-order valence-corrected chi connectivity index (χ0v) is 15.9. The fraction of sp³-hybridized carbons (Fsp3) is 0.316. The molecule has 2 aromatic rings. The maximum Gasteiger partial charge on any atom is 0.338 e. The van der Waals surface area contributed by atoms with Crippen molar-refractivity contribution in [3.8, 4) is 0 Å². The zero-order chi connectivity index (χ0) is 19.4. The number of rotatable bonds is 6. The Morgan fingerprint density at radius 1 is 1.15 bits per heavy atom. The topological polar surface area (TPSA) is 102 Å². The number of ether oxygens (including phenoxy) is 1. The van der Waals surface area contributed by atoms with Gasteiger partial charge in [-0.3, -0.25) is 9.11 Å². The van der Waals surface area contributed by atoms with Gasteiger partial charge in [0.05, 0.1) is 18.7 Å². The van der Waals surface area contributed by atoms with Crippen LogP contribution in [0.2, 0.25) is 0 Å².